The number of nitrogens with zero attached hydrogens (tertiary/aromatic N) is 2. The van der Waals surface area contributed by atoms with Gasteiger partial charge in [0.2, 0.25) is 10.0 Å². The highest BCUT2D eigenvalue weighted by Gasteiger charge is 2.34. The van der Waals surface area contributed by atoms with Crippen molar-refractivity contribution >= 4 is 21.4 Å². The average Bonchev–Trinajstić information content (AvgIpc) is 2.65. The Labute approximate surface area is 180 Å². The number of hydrogen-bond donors (Lipinski definition) is 1. The number of benzene rings is 2. The molecule has 0 unspecified atom stereocenters. The number of rotatable bonds is 7. The van der Waals surface area contributed by atoms with Crippen molar-refractivity contribution < 1.29 is 26.3 Å². The van der Waals surface area contributed by atoms with Gasteiger partial charge in [0.1, 0.15) is 12.4 Å². The third-order valence-electron chi connectivity index (χ3n) is 4.22. The number of alkyl halides is 3. The zero-order valence-corrected chi connectivity index (χ0v) is 18.2. The van der Waals surface area contributed by atoms with E-state index in [0.29, 0.717) is 18.0 Å². The van der Waals surface area contributed by atoms with Crippen molar-refractivity contribution in [2.45, 2.75) is 31.8 Å². The first-order valence-corrected chi connectivity index (χ1v) is 10.8. The van der Waals surface area contributed by atoms with Crippen LogP contribution in [0.4, 0.5) is 24.5 Å². The van der Waals surface area contributed by atoms with Gasteiger partial charge in [-0.05, 0) is 41.8 Å². The third kappa shape index (κ3) is 7.15. The Hall–Kier alpha value is -2.77. The van der Waals surface area contributed by atoms with Gasteiger partial charge >= 0.3 is 6.18 Å². The largest absolute Gasteiger partial charge is 0.492 e. The fourth-order valence-corrected chi connectivity index (χ4v) is 3.43. The number of anilines is 1. The van der Waals surface area contributed by atoms with E-state index in [4.69, 9.17) is 16.4 Å². The molecule has 2 aromatic rings. The molecule has 0 atom stereocenters. The summed E-state index contributed by atoms with van der Waals surface area (Å²) in [7, 11) is -3.81. The summed E-state index contributed by atoms with van der Waals surface area (Å²) in [5, 5.41) is 5.06. The molecule has 0 saturated heterocycles. The first-order valence-electron chi connectivity index (χ1n) is 9.30. The standard InChI is InChI=1S/C21H24F3N3O3S/c1-20(2,3)14-27(15-5-10-19(26-4)18(13-15)21(22,23)24)11-12-30-16-6-8-17(9-7-16)31(25,28)29/h5-10,13H,11-12,14H2,1-3H3,(H2,25,28,29). The zero-order valence-electron chi connectivity index (χ0n) is 17.4. The molecule has 0 amide bonds. The molecule has 0 aliphatic carbocycles. The Balaban J connectivity index is 2.21. The smallest absolute Gasteiger partial charge is 0.407 e. The monoisotopic (exact) mass is 455 g/mol. The minimum Gasteiger partial charge on any atom is -0.492 e. The van der Waals surface area contributed by atoms with Crippen molar-refractivity contribution in [1.29, 1.82) is 0 Å². The summed E-state index contributed by atoms with van der Waals surface area (Å²) >= 11 is 0. The van der Waals surface area contributed by atoms with Crippen LogP contribution in [0.2, 0.25) is 0 Å². The van der Waals surface area contributed by atoms with Crippen LogP contribution in [0.25, 0.3) is 4.85 Å². The van der Waals surface area contributed by atoms with Gasteiger partial charge in [0.15, 0.2) is 5.69 Å². The van der Waals surface area contributed by atoms with Crippen molar-refractivity contribution in [2.75, 3.05) is 24.6 Å². The summed E-state index contributed by atoms with van der Waals surface area (Å²) in [6.45, 7) is 13.8. The fraction of sp³-hybridized carbons (Fsp3) is 0.381. The molecule has 0 aliphatic heterocycles. The SMILES string of the molecule is [C-]#[N+]c1ccc(N(CCOc2ccc(S(N)(=O)=O)cc2)CC(C)(C)C)cc1C(F)(F)F. The molecule has 0 saturated carbocycles. The van der Waals surface area contributed by atoms with E-state index >= 15 is 0 Å². The molecule has 2 N–H and O–H groups in total. The Morgan fingerprint density at radius 2 is 1.71 bits per heavy atom. The maximum atomic E-state index is 13.4. The maximum absolute atomic E-state index is 13.4. The van der Waals surface area contributed by atoms with Crippen LogP contribution >= 0.6 is 0 Å². The summed E-state index contributed by atoms with van der Waals surface area (Å²) in [5.74, 6) is 0.405. The van der Waals surface area contributed by atoms with E-state index in [0.717, 1.165) is 6.07 Å². The fourth-order valence-electron chi connectivity index (χ4n) is 2.92. The van der Waals surface area contributed by atoms with Crippen LogP contribution in [0.15, 0.2) is 47.4 Å². The van der Waals surface area contributed by atoms with Crippen molar-refractivity contribution in [3.8, 4) is 5.75 Å². The van der Waals surface area contributed by atoms with Gasteiger partial charge in [-0.3, -0.25) is 0 Å². The van der Waals surface area contributed by atoms with Gasteiger partial charge < -0.3 is 9.64 Å². The molecule has 31 heavy (non-hydrogen) atoms. The Morgan fingerprint density at radius 3 is 2.19 bits per heavy atom. The second kappa shape index (κ2) is 9.16. The van der Waals surface area contributed by atoms with E-state index in [1.807, 2.05) is 20.8 Å². The first-order chi connectivity index (χ1) is 14.2. The summed E-state index contributed by atoms with van der Waals surface area (Å²) in [5.41, 5.74) is -1.30. The van der Waals surface area contributed by atoms with Crippen molar-refractivity contribution in [3.63, 3.8) is 0 Å². The molecule has 6 nitrogen and oxygen atoms in total. The average molecular weight is 456 g/mol. The molecule has 10 heteroatoms. The second-order valence-corrected chi connectivity index (χ2v) is 9.72. The number of sulfonamides is 1. The van der Waals surface area contributed by atoms with Crippen molar-refractivity contribution in [2.24, 2.45) is 10.6 Å². The van der Waals surface area contributed by atoms with E-state index in [1.54, 1.807) is 4.90 Å². The molecule has 0 bridgehead atoms. The van der Waals surface area contributed by atoms with Gasteiger partial charge in [0, 0.05) is 12.2 Å². The second-order valence-electron chi connectivity index (χ2n) is 8.16. The molecular weight excluding hydrogens is 431 g/mol. The number of halogens is 3. The van der Waals surface area contributed by atoms with Crippen LogP contribution in [0.1, 0.15) is 26.3 Å². The van der Waals surface area contributed by atoms with Crippen LogP contribution in [0.5, 0.6) is 5.75 Å². The molecule has 0 heterocycles. The number of primary sulfonamides is 1. The van der Waals surface area contributed by atoms with E-state index < -0.39 is 27.5 Å². The minimum absolute atomic E-state index is 0.0474. The first kappa shape index (κ1) is 24.5. The lowest BCUT2D eigenvalue weighted by Gasteiger charge is -2.32. The summed E-state index contributed by atoms with van der Waals surface area (Å²) in [6.07, 6.45) is -4.63. The van der Waals surface area contributed by atoms with E-state index in [2.05, 4.69) is 4.85 Å². The van der Waals surface area contributed by atoms with Gasteiger partial charge in [-0.2, -0.15) is 13.2 Å². The number of nitrogens with two attached hydrogens (primary N) is 1. The van der Waals surface area contributed by atoms with Gasteiger partial charge in [-0.25, -0.2) is 18.4 Å². The summed E-state index contributed by atoms with van der Waals surface area (Å²) in [4.78, 5) is 4.69. The van der Waals surface area contributed by atoms with Gasteiger partial charge in [0.25, 0.3) is 0 Å². The van der Waals surface area contributed by atoms with E-state index in [9.17, 15) is 21.6 Å². The van der Waals surface area contributed by atoms with E-state index in [1.165, 1.54) is 36.4 Å². The summed E-state index contributed by atoms with van der Waals surface area (Å²) in [6, 6.07) is 9.20. The third-order valence-corrected chi connectivity index (χ3v) is 5.15. The zero-order chi connectivity index (χ0) is 23.4. The predicted molar refractivity (Wildman–Crippen MR) is 113 cm³/mol. The van der Waals surface area contributed by atoms with Crippen LogP contribution in [0.3, 0.4) is 0 Å². The topological polar surface area (TPSA) is 77.0 Å². The lowest BCUT2D eigenvalue weighted by atomic mass is 9.95. The van der Waals surface area contributed by atoms with Crippen LogP contribution < -0.4 is 14.8 Å². The van der Waals surface area contributed by atoms with Gasteiger partial charge in [-0.15, -0.1) is 0 Å². The molecule has 0 aliphatic rings. The molecular formula is C21H24F3N3O3S. The Morgan fingerprint density at radius 1 is 1.10 bits per heavy atom. The lowest BCUT2D eigenvalue weighted by molar-refractivity contribution is -0.136. The molecule has 0 fully saturated rings. The minimum atomic E-state index is -4.63. The van der Waals surface area contributed by atoms with Crippen LogP contribution in [0, 0.1) is 12.0 Å². The number of hydrogen-bond acceptors (Lipinski definition) is 4. The van der Waals surface area contributed by atoms with Crippen LogP contribution in [-0.2, 0) is 16.2 Å². The highest BCUT2D eigenvalue weighted by Crippen LogP contribution is 2.39. The Kier molecular flexibility index (Phi) is 7.24. The predicted octanol–water partition coefficient (Wildman–Crippen LogP) is 4.84. The lowest BCUT2D eigenvalue weighted by Crippen LogP contribution is -2.36. The maximum Gasteiger partial charge on any atom is 0.407 e. The highest BCUT2D eigenvalue weighted by molar-refractivity contribution is 7.89. The number of ether oxygens (including phenoxy) is 1. The quantitative estimate of drug-likeness (QED) is 0.607. The van der Waals surface area contributed by atoms with Crippen molar-refractivity contribution in [1.82, 2.24) is 0 Å². The van der Waals surface area contributed by atoms with E-state index in [-0.39, 0.29) is 23.5 Å². The van der Waals surface area contributed by atoms with Gasteiger partial charge in [-0.1, -0.05) is 26.8 Å². The van der Waals surface area contributed by atoms with Gasteiger partial charge in [0.05, 0.1) is 23.6 Å². The van der Waals surface area contributed by atoms with Crippen LogP contribution in [-0.4, -0.2) is 28.1 Å². The molecule has 168 valence electrons. The summed E-state index contributed by atoms with van der Waals surface area (Å²) < 4.78 is 68.4. The molecule has 0 spiro atoms. The molecule has 2 aromatic carbocycles. The molecule has 2 rings (SSSR count). The molecule has 0 radical (unpaired) electrons. The molecule has 0 aromatic heterocycles. The normalized spacial score (nSPS) is 12.3. The Bertz CT molecular complexity index is 1050. The highest BCUT2D eigenvalue weighted by atomic mass is 32.2. The van der Waals surface area contributed by atoms with Crippen molar-refractivity contribution in [3.05, 3.63) is 59.4 Å².